The molecule has 0 aromatic carbocycles. The van der Waals surface area contributed by atoms with E-state index in [-0.39, 0.29) is 18.2 Å². The van der Waals surface area contributed by atoms with Crippen molar-refractivity contribution >= 4 is 27.2 Å². The minimum atomic E-state index is -3.23. The smallest absolute Gasteiger partial charge is 0.211 e. The van der Waals surface area contributed by atoms with Gasteiger partial charge in [0, 0.05) is 26.2 Å². The molecule has 0 aliphatic heterocycles. The standard InChI is InChI=1S/C8H18N2O3S2/c1-7(8(9)14)6-10-15(11,12)5-3-4-13-2/h7,10H,3-6H2,1-2H3,(H2,9,14). The number of sulfonamides is 1. The maximum absolute atomic E-state index is 11.4. The van der Waals surface area contributed by atoms with Gasteiger partial charge in [0.05, 0.1) is 10.7 Å². The summed E-state index contributed by atoms with van der Waals surface area (Å²) in [6, 6.07) is 0. The van der Waals surface area contributed by atoms with E-state index in [1.54, 1.807) is 6.92 Å². The number of hydrogen-bond donors (Lipinski definition) is 2. The highest BCUT2D eigenvalue weighted by Crippen LogP contribution is 1.96. The van der Waals surface area contributed by atoms with Gasteiger partial charge in [0.2, 0.25) is 10.0 Å². The van der Waals surface area contributed by atoms with Crippen LogP contribution in [-0.2, 0) is 14.8 Å². The van der Waals surface area contributed by atoms with Crippen molar-refractivity contribution in [1.82, 2.24) is 4.72 Å². The van der Waals surface area contributed by atoms with Crippen LogP contribution in [0, 0.1) is 5.92 Å². The normalized spacial score (nSPS) is 13.7. The van der Waals surface area contributed by atoms with Crippen molar-refractivity contribution in [2.24, 2.45) is 11.7 Å². The van der Waals surface area contributed by atoms with Crippen LogP contribution in [0.15, 0.2) is 0 Å². The van der Waals surface area contributed by atoms with Gasteiger partial charge >= 0.3 is 0 Å². The summed E-state index contributed by atoms with van der Waals surface area (Å²) in [4.78, 5) is 0.314. The van der Waals surface area contributed by atoms with Crippen LogP contribution in [0.4, 0.5) is 0 Å². The fraction of sp³-hybridized carbons (Fsp3) is 0.875. The van der Waals surface area contributed by atoms with Gasteiger partial charge in [-0.25, -0.2) is 13.1 Å². The number of methoxy groups -OCH3 is 1. The molecule has 0 aliphatic rings. The molecule has 15 heavy (non-hydrogen) atoms. The molecule has 0 fully saturated rings. The van der Waals surface area contributed by atoms with Crippen LogP contribution in [-0.4, -0.2) is 39.4 Å². The summed E-state index contributed by atoms with van der Waals surface area (Å²) in [5.41, 5.74) is 5.36. The first-order valence-corrected chi connectivity index (χ1v) is 6.70. The Morgan fingerprint density at radius 3 is 2.67 bits per heavy atom. The average Bonchev–Trinajstić information content (AvgIpc) is 2.14. The molecule has 1 atom stereocenters. The molecular formula is C8H18N2O3S2. The maximum atomic E-state index is 11.4. The summed E-state index contributed by atoms with van der Waals surface area (Å²) in [6.07, 6.45) is 0.479. The highest BCUT2D eigenvalue weighted by atomic mass is 32.2. The molecule has 0 saturated heterocycles. The Morgan fingerprint density at radius 1 is 1.60 bits per heavy atom. The number of rotatable bonds is 8. The van der Waals surface area contributed by atoms with Crippen LogP contribution >= 0.6 is 12.2 Å². The van der Waals surface area contributed by atoms with Gasteiger partial charge < -0.3 is 10.5 Å². The van der Waals surface area contributed by atoms with E-state index in [9.17, 15) is 8.42 Å². The van der Waals surface area contributed by atoms with Gasteiger partial charge in [-0.05, 0) is 6.42 Å². The fourth-order valence-electron chi connectivity index (χ4n) is 0.818. The lowest BCUT2D eigenvalue weighted by molar-refractivity contribution is 0.199. The lowest BCUT2D eigenvalue weighted by atomic mass is 10.2. The molecule has 0 amide bonds. The van der Waals surface area contributed by atoms with Gasteiger partial charge in [0.1, 0.15) is 0 Å². The second kappa shape index (κ2) is 7.10. The lowest BCUT2D eigenvalue weighted by Crippen LogP contribution is -2.35. The van der Waals surface area contributed by atoms with Gasteiger partial charge in [0.25, 0.3) is 0 Å². The zero-order valence-corrected chi connectivity index (χ0v) is 10.7. The molecule has 5 nitrogen and oxygen atoms in total. The lowest BCUT2D eigenvalue weighted by Gasteiger charge is -2.11. The van der Waals surface area contributed by atoms with Gasteiger partial charge in [-0.15, -0.1) is 0 Å². The molecule has 0 rings (SSSR count). The van der Waals surface area contributed by atoms with E-state index in [4.69, 9.17) is 22.7 Å². The van der Waals surface area contributed by atoms with E-state index in [1.165, 1.54) is 7.11 Å². The van der Waals surface area contributed by atoms with Crippen LogP contribution in [0.2, 0.25) is 0 Å². The monoisotopic (exact) mass is 254 g/mol. The Bertz CT molecular complexity index is 290. The summed E-state index contributed by atoms with van der Waals surface area (Å²) >= 11 is 4.74. The van der Waals surface area contributed by atoms with Crippen LogP contribution in [0.5, 0.6) is 0 Å². The van der Waals surface area contributed by atoms with Crippen LogP contribution in [0.3, 0.4) is 0 Å². The summed E-state index contributed by atoms with van der Waals surface area (Å²) < 4.78 is 30.0. The second-order valence-corrected chi connectivity index (χ2v) is 5.71. The molecule has 0 aromatic heterocycles. The quantitative estimate of drug-likeness (QED) is 0.465. The van der Waals surface area contributed by atoms with Gasteiger partial charge in [-0.1, -0.05) is 19.1 Å². The Labute approximate surface area is 96.4 Å². The number of nitrogens with one attached hydrogen (secondary N) is 1. The molecule has 0 heterocycles. The van der Waals surface area contributed by atoms with Crippen molar-refractivity contribution in [2.75, 3.05) is 26.0 Å². The SMILES string of the molecule is COCCCS(=O)(=O)NCC(C)C(N)=S. The van der Waals surface area contributed by atoms with Crippen molar-refractivity contribution < 1.29 is 13.2 Å². The summed E-state index contributed by atoms with van der Waals surface area (Å²) in [6.45, 7) is 2.47. The molecule has 0 spiro atoms. The molecule has 0 aliphatic carbocycles. The summed E-state index contributed by atoms with van der Waals surface area (Å²) in [5, 5.41) is 0. The van der Waals surface area contributed by atoms with E-state index in [1.807, 2.05) is 0 Å². The van der Waals surface area contributed by atoms with E-state index in [0.29, 0.717) is 18.0 Å². The van der Waals surface area contributed by atoms with E-state index in [2.05, 4.69) is 4.72 Å². The number of thiocarbonyl (C=S) groups is 1. The van der Waals surface area contributed by atoms with E-state index in [0.717, 1.165) is 0 Å². The van der Waals surface area contributed by atoms with Gasteiger partial charge in [-0.2, -0.15) is 0 Å². The fourth-order valence-corrected chi connectivity index (χ4v) is 2.05. The Morgan fingerprint density at radius 2 is 2.20 bits per heavy atom. The van der Waals surface area contributed by atoms with E-state index >= 15 is 0 Å². The number of nitrogens with two attached hydrogens (primary N) is 1. The van der Waals surface area contributed by atoms with Crippen molar-refractivity contribution in [2.45, 2.75) is 13.3 Å². The number of ether oxygens (including phenoxy) is 1. The topological polar surface area (TPSA) is 81.4 Å². The third kappa shape index (κ3) is 7.66. The van der Waals surface area contributed by atoms with Gasteiger partial charge in [0.15, 0.2) is 0 Å². The van der Waals surface area contributed by atoms with Crippen LogP contribution < -0.4 is 10.5 Å². The van der Waals surface area contributed by atoms with Gasteiger partial charge in [-0.3, -0.25) is 0 Å². The van der Waals surface area contributed by atoms with Crippen molar-refractivity contribution in [3.8, 4) is 0 Å². The van der Waals surface area contributed by atoms with Crippen molar-refractivity contribution in [3.05, 3.63) is 0 Å². The zero-order valence-electron chi connectivity index (χ0n) is 9.02. The van der Waals surface area contributed by atoms with Crippen molar-refractivity contribution in [1.29, 1.82) is 0 Å². The maximum Gasteiger partial charge on any atom is 0.211 e. The third-order valence-electron chi connectivity index (χ3n) is 1.86. The first kappa shape index (κ1) is 14.8. The first-order chi connectivity index (χ1) is 6.89. The Balaban J connectivity index is 3.89. The number of hydrogen-bond acceptors (Lipinski definition) is 4. The summed E-state index contributed by atoms with van der Waals surface area (Å²) in [7, 11) is -1.69. The predicted molar refractivity (Wildman–Crippen MR) is 64.2 cm³/mol. The molecule has 0 aromatic rings. The Hall–Kier alpha value is -0.240. The minimum absolute atomic E-state index is 0.0604. The van der Waals surface area contributed by atoms with Crippen molar-refractivity contribution in [3.63, 3.8) is 0 Å². The molecule has 0 bridgehead atoms. The molecule has 90 valence electrons. The summed E-state index contributed by atoms with van der Waals surface area (Å²) in [5.74, 6) is -0.0672. The highest BCUT2D eigenvalue weighted by Gasteiger charge is 2.12. The molecule has 3 N–H and O–H groups in total. The predicted octanol–water partition coefficient (Wildman–Crippen LogP) is -0.135. The molecule has 7 heteroatoms. The largest absolute Gasteiger partial charge is 0.393 e. The van der Waals surface area contributed by atoms with Crippen LogP contribution in [0.1, 0.15) is 13.3 Å². The molecule has 1 unspecified atom stereocenters. The highest BCUT2D eigenvalue weighted by molar-refractivity contribution is 7.89. The molecular weight excluding hydrogens is 236 g/mol. The van der Waals surface area contributed by atoms with E-state index < -0.39 is 10.0 Å². The molecule has 0 saturated carbocycles. The minimum Gasteiger partial charge on any atom is -0.393 e. The average molecular weight is 254 g/mol. The third-order valence-corrected chi connectivity index (χ3v) is 3.69. The molecule has 0 radical (unpaired) electrons. The van der Waals surface area contributed by atoms with Crippen LogP contribution in [0.25, 0.3) is 0 Å². The second-order valence-electron chi connectivity index (χ2n) is 3.32. The zero-order chi connectivity index (χ0) is 11.9. The first-order valence-electron chi connectivity index (χ1n) is 4.64. The Kier molecular flexibility index (Phi) is 6.99.